The Morgan fingerprint density at radius 2 is 1.80 bits per heavy atom. The topological polar surface area (TPSA) is 117 Å². The fourth-order valence-electron chi connectivity index (χ4n) is 6.48. The highest BCUT2D eigenvalue weighted by molar-refractivity contribution is 5.99. The van der Waals surface area contributed by atoms with Gasteiger partial charge in [0.15, 0.2) is 0 Å². The zero-order valence-electron chi connectivity index (χ0n) is 25.4. The summed E-state index contributed by atoms with van der Waals surface area (Å²) in [7, 11) is 0. The second-order valence-corrected chi connectivity index (χ2v) is 12.0. The van der Waals surface area contributed by atoms with Gasteiger partial charge in [0.2, 0.25) is 0 Å². The molecule has 0 atom stereocenters. The van der Waals surface area contributed by atoms with E-state index in [4.69, 9.17) is 14.5 Å². The molecule has 2 saturated heterocycles. The number of piperidine rings is 1. The van der Waals surface area contributed by atoms with Crippen molar-refractivity contribution in [2.24, 2.45) is 0 Å². The smallest absolute Gasteiger partial charge is 0.138 e. The van der Waals surface area contributed by atoms with Gasteiger partial charge in [-0.05, 0) is 105 Å². The van der Waals surface area contributed by atoms with E-state index in [9.17, 15) is 4.39 Å². The molecule has 1 aromatic carbocycles. The van der Waals surface area contributed by atoms with Crippen molar-refractivity contribution in [2.45, 2.75) is 31.8 Å². The molecule has 6 aromatic rings. The van der Waals surface area contributed by atoms with Crippen LogP contribution in [-0.2, 0) is 0 Å². The van der Waals surface area contributed by atoms with Crippen LogP contribution in [0.5, 0.6) is 11.5 Å². The number of hydrogen-bond acceptors (Lipinski definition) is 8. The van der Waals surface area contributed by atoms with Gasteiger partial charge in [0.05, 0.1) is 23.1 Å². The first-order valence-electron chi connectivity index (χ1n) is 16.0. The van der Waals surface area contributed by atoms with Gasteiger partial charge in [-0.25, -0.2) is 14.4 Å². The normalized spacial score (nSPS) is 16.0. The summed E-state index contributed by atoms with van der Waals surface area (Å²) in [5, 5.41) is 11.9. The van der Waals surface area contributed by atoms with Gasteiger partial charge in [0.1, 0.15) is 46.9 Å². The van der Waals surface area contributed by atoms with Gasteiger partial charge in [0, 0.05) is 36.0 Å². The Kier molecular flexibility index (Phi) is 7.77. The van der Waals surface area contributed by atoms with E-state index in [0.29, 0.717) is 23.7 Å². The van der Waals surface area contributed by atoms with E-state index >= 15 is 0 Å². The Morgan fingerprint density at radius 3 is 2.70 bits per heavy atom. The Morgan fingerprint density at radius 1 is 0.935 bits per heavy atom. The number of halogens is 1. The molecular weight excluding hydrogens is 583 g/mol. The number of H-pyrrole nitrogens is 2. The van der Waals surface area contributed by atoms with Crippen LogP contribution in [0.15, 0.2) is 67.1 Å². The highest BCUT2D eigenvalue weighted by Crippen LogP contribution is 2.35. The SMILES string of the molecule is Fc1cc(OCCN2CCCC2)cc(-c2ccnc3[nH]c(-c4n[nH]c5ccc(-c6cncc(OC7CCNCC7)c6)nc45)cc23)c1. The van der Waals surface area contributed by atoms with Crippen LogP contribution >= 0.6 is 0 Å². The summed E-state index contributed by atoms with van der Waals surface area (Å²) >= 11 is 0. The number of pyridine rings is 3. The molecule has 0 spiro atoms. The van der Waals surface area contributed by atoms with Crippen molar-refractivity contribution < 1.29 is 13.9 Å². The van der Waals surface area contributed by atoms with Crippen molar-refractivity contribution in [3.05, 3.63) is 72.9 Å². The summed E-state index contributed by atoms with van der Waals surface area (Å²) in [5.41, 5.74) is 6.83. The van der Waals surface area contributed by atoms with Crippen LogP contribution in [0.2, 0.25) is 0 Å². The lowest BCUT2D eigenvalue weighted by atomic mass is 10.0. The zero-order valence-corrected chi connectivity index (χ0v) is 25.4. The average molecular weight is 619 g/mol. The summed E-state index contributed by atoms with van der Waals surface area (Å²) in [6, 6.07) is 14.7. The summed E-state index contributed by atoms with van der Waals surface area (Å²) in [4.78, 5) is 19.8. The van der Waals surface area contributed by atoms with E-state index in [2.05, 4.69) is 35.4 Å². The van der Waals surface area contributed by atoms with E-state index in [-0.39, 0.29) is 11.9 Å². The third-order valence-electron chi connectivity index (χ3n) is 8.85. The molecule has 8 rings (SSSR count). The van der Waals surface area contributed by atoms with Crippen molar-refractivity contribution in [3.8, 4) is 45.3 Å². The molecular formula is C35H35FN8O2. The molecule has 11 heteroatoms. The van der Waals surface area contributed by atoms with E-state index in [1.54, 1.807) is 18.6 Å². The minimum Gasteiger partial charge on any atom is -0.492 e. The van der Waals surface area contributed by atoms with Gasteiger partial charge >= 0.3 is 0 Å². The molecule has 7 heterocycles. The molecule has 0 unspecified atom stereocenters. The predicted octanol–water partition coefficient (Wildman–Crippen LogP) is 5.97. The van der Waals surface area contributed by atoms with E-state index < -0.39 is 0 Å². The lowest BCUT2D eigenvalue weighted by Gasteiger charge is -2.23. The highest BCUT2D eigenvalue weighted by atomic mass is 19.1. The second kappa shape index (κ2) is 12.5. The van der Waals surface area contributed by atoms with Crippen molar-refractivity contribution >= 4 is 22.1 Å². The fraction of sp³-hybridized carbons (Fsp3) is 0.314. The Bertz CT molecular complexity index is 1990. The van der Waals surface area contributed by atoms with Crippen molar-refractivity contribution in [1.82, 2.24) is 40.3 Å². The number of aromatic amines is 2. The number of nitrogens with zero attached hydrogens (tertiary/aromatic N) is 5. The van der Waals surface area contributed by atoms with Crippen LogP contribution in [-0.4, -0.2) is 80.5 Å². The van der Waals surface area contributed by atoms with Gasteiger partial charge in [0.25, 0.3) is 0 Å². The van der Waals surface area contributed by atoms with Gasteiger partial charge in [-0.2, -0.15) is 5.10 Å². The Labute approximate surface area is 265 Å². The van der Waals surface area contributed by atoms with Crippen LogP contribution in [0, 0.1) is 5.82 Å². The quantitative estimate of drug-likeness (QED) is 0.181. The molecule has 2 aliphatic heterocycles. The fourth-order valence-corrected chi connectivity index (χ4v) is 6.48. The molecule has 10 nitrogen and oxygen atoms in total. The van der Waals surface area contributed by atoms with E-state index in [0.717, 1.165) is 95.8 Å². The third-order valence-corrected chi connectivity index (χ3v) is 8.85. The maximum atomic E-state index is 14.8. The molecule has 0 bridgehead atoms. The molecule has 3 N–H and O–H groups in total. The Hall–Kier alpha value is -4.87. The monoisotopic (exact) mass is 618 g/mol. The third kappa shape index (κ3) is 5.91. The molecule has 234 valence electrons. The van der Waals surface area contributed by atoms with Gasteiger partial charge < -0.3 is 19.8 Å². The molecule has 5 aromatic heterocycles. The van der Waals surface area contributed by atoms with Gasteiger partial charge in [-0.3, -0.25) is 15.0 Å². The molecule has 2 aliphatic rings. The molecule has 0 saturated carbocycles. The molecule has 0 radical (unpaired) electrons. The van der Waals surface area contributed by atoms with Crippen molar-refractivity contribution in [1.29, 1.82) is 0 Å². The molecule has 0 amide bonds. The molecule has 46 heavy (non-hydrogen) atoms. The van der Waals surface area contributed by atoms with E-state index in [1.807, 2.05) is 36.4 Å². The largest absolute Gasteiger partial charge is 0.492 e. The van der Waals surface area contributed by atoms with Crippen molar-refractivity contribution in [2.75, 3.05) is 39.3 Å². The van der Waals surface area contributed by atoms with Crippen LogP contribution < -0.4 is 14.8 Å². The minimum absolute atomic E-state index is 0.181. The lowest BCUT2D eigenvalue weighted by molar-refractivity contribution is 0.162. The van der Waals surface area contributed by atoms with Crippen molar-refractivity contribution in [3.63, 3.8) is 0 Å². The van der Waals surface area contributed by atoms with Crippen LogP contribution in [0.4, 0.5) is 4.39 Å². The van der Waals surface area contributed by atoms with Crippen LogP contribution in [0.1, 0.15) is 25.7 Å². The number of aromatic nitrogens is 6. The van der Waals surface area contributed by atoms with Gasteiger partial charge in [-0.15, -0.1) is 0 Å². The number of fused-ring (bicyclic) bond motifs is 2. The molecule has 0 aliphatic carbocycles. The predicted molar refractivity (Wildman–Crippen MR) is 175 cm³/mol. The number of likely N-dealkylation sites (tertiary alicyclic amines) is 1. The Balaban J connectivity index is 1.08. The summed E-state index contributed by atoms with van der Waals surface area (Å²) < 4.78 is 27.0. The van der Waals surface area contributed by atoms with Crippen LogP contribution in [0.3, 0.4) is 0 Å². The summed E-state index contributed by atoms with van der Waals surface area (Å²) in [6.07, 6.45) is 9.86. The summed E-state index contributed by atoms with van der Waals surface area (Å²) in [5.74, 6) is 0.916. The zero-order chi connectivity index (χ0) is 30.9. The number of benzene rings is 1. The first kappa shape index (κ1) is 28.6. The number of nitrogens with one attached hydrogen (secondary N) is 3. The lowest BCUT2D eigenvalue weighted by Crippen LogP contribution is -2.34. The second-order valence-electron chi connectivity index (χ2n) is 12.0. The van der Waals surface area contributed by atoms with Crippen LogP contribution in [0.25, 0.3) is 55.8 Å². The first-order valence-corrected chi connectivity index (χ1v) is 16.0. The number of hydrogen-bond donors (Lipinski definition) is 3. The number of rotatable bonds is 9. The number of ether oxygens (including phenoxy) is 2. The first-order chi connectivity index (χ1) is 22.7. The minimum atomic E-state index is -0.343. The highest BCUT2D eigenvalue weighted by Gasteiger charge is 2.19. The maximum absolute atomic E-state index is 14.8. The average Bonchev–Trinajstić information content (AvgIpc) is 3.85. The maximum Gasteiger partial charge on any atom is 0.138 e. The summed E-state index contributed by atoms with van der Waals surface area (Å²) in [6.45, 7) is 5.48. The molecule has 2 fully saturated rings. The standard InChI is InChI=1S/C35H35FN8O2/c36-24-15-22(16-26(18-24)45-14-13-44-11-1-2-12-44)28-7-10-39-35-29(28)19-32(41-35)34-33-31(42-43-34)4-3-30(40-33)23-17-27(21-38-20-23)46-25-5-8-37-9-6-25/h3-4,7,10,15-21,25,37H,1-2,5-6,8-9,11-14H2,(H,39,41)(H,42,43). The van der Waals surface area contributed by atoms with Gasteiger partial charge in [-0.1, -0.05) is 0 Å². The van der Waals surface area contributed by atoms with E-state index in [1.165, 1.54) is 25.0 Å².